The Morgan fingerprint density at radius 3 is 2.72 bits per heavy atom. The highest BCUT2D eigenvalue weighted by molar-refractivity contribution is 6.05. The third kappa shape index (κ3) is 1.99. The summed E-state index contributed by atoms with van der Waals surface area (Å²) in [5.41, 5.74) is 3.69. The van der Waals surface area contributed by atoms with E-state index in [1.807, 2.05) is 30.5 Å². The van der Waals surface area contributed by atoms with Gasteiger partial charge in [-0.1, -0.05) is 6.07 Å². The Balaban J connectivity index is 2.76. The maximum atomic E-state index is 11.8. The number of rotatable bonds is 3. The van der Waals surface area contributed by atoms with E-state index in [0.29, 0.717) is 12.1 Å². The molecule has 2 rings (SSSR count). The van der Waals surface area contributed by atoms with Crippen LogP contribution < -0.4 is 0 Å². The third-order valence-electron chi connectivity index (χ3n) is 3.07. The molecule has 0 fully saturated rings. The zero-order valence-electron chi connectivity index (χ0n) is 10.9. The first-order valence-electron chi connectivity index (χ1n) is 5.87. The fourth-order valence-corrected chi connectivity index (χ4v) is 2.37. The molecule has 1 aromatic heterocycles. The summed E-state index contributed by atoms with van der Waals surface area (Å²) in [5.74, 6) is -0.344. The van der Waals surface area contributed by atoms with Crippen molar-refractivity contribution in [3.63, 3.8) is 0 Å². The average Bonchev–Trinajstić information content (AvgIpc) is 2.68. The molecule has 18 heavy (non-hydrogen) atoms. The van der Waals surface area contributed by atoms with Crippen molar-refractivity contribution < 1.29 is 14.6 Å². The van der Waals surface area contributed by atoms with E-state index in [1.165, 1.54) is 7.11 Å². The van der Waals surface area contributed by atoms with Gasteiger partial charge in [0.25, 0.3) is 0 Å². The lowest BCUT2D eigenvalue weighted by molar-refractivity contribution is 0.0602. The number of aromatic nitrogens is 1. The second kappa shape index (κ2) is 4.82. The number of hydrogen-bond donors (Lipinski definition) is 1. The van der Waals surface area contributed by atoms with E-state index < -0.39 is 0 Å². The van der Waals surface area contributed by atoms with Crippen molar-refractivity contribution in [2.24, 2.45) is 0 Å². The molecule has 4 heteroatoms. The number of fused-ring (bicyclic) bond motifs is 1. The predicted molar refractivity (Wildman–Crippen MR) is 69.8 cm³/mol. The van der Waals surface area contributed by atoms with Crippen molar-refractivity contribution in [3.05, 3.63) is 35.0 Å². The van der Waals surface area contributed by atoms with Gasteiger partial charge in [0.1, 0.15) is 0 Å². The van der Waals surface area contributed by atoms with Gasteiger partial charge in [0.05, 0.1) is 19.3 Å². The molecule has 0 spiro atoms. The van der Waals surface area contributed by atoms with Crippen LogP contribution in [0.2, 0.25) is 0 Å². The first-order chi connectivity index (χ1) is 8.58. The minimum Gasteiger partial charge on any atom is -0.465 e. The number of methoxy groups -OCH3 is 1. The summed E-state index contributed by atoms with van der Waals surface area (Å²) in [5, 5.41) is 9.99. The van der Waals surface area contributed by atoms with E-state index in [9.17, 15) is 4.79 Å². The molecule has 1 heterocycles. The van der Waals surface area contributed by atoms with Gasteiger partial charge in [-0.25, -0.2) is 4.79 Å². The minimum absolute atomic E-state index is 0.0391. The van der Waals surface area contributed by atoms with Crippen LogP contribution in [0.15, 0.2) is 18.3 Å². The predicted octanol–water partition coefficient (Wildman–Crippen LogP) is 2.04. The normalized spacial score (nSPS) is 10.9. The van der Waals surface area contributed by atoms with Gasteiger partial charge in [-0.2, -0.15) is 0 Å². The topological polar surface area (TPSA) is 51.5 Å². The largest absolute Gasteiger partial charge is 0.465 e. The number of ether oxygens (including phenoxy) is 1. The van der Waals surface area contributed by atoms with Crippen LogP contribution in [0.1, 0.15) is 21.5 Å². The van der Waals surface area contributed by atoms with Gasteiger partial charge in [-0.3, -0.25) is 0 Å². The van der Waals surface area contributed by atoms with E-state index in [1.54, 1.807) is 6.20 Å². The summed E-state index contributed by atoms with van der Waals surface area (Å²) < 4.78 is 6.70. The molecule has 2 aromatic rings. The lowest BCUT2D eigenvalue weighted by atomic mass is 10.0. The van der Waals surface area contributed by atoms with Gasteiger partial charge in [-0.05, 0) is 31.0 Å². The number of carbonyl (C=O) groups is 1. The SMILES string of the molecule is COC(=O)c1cn(CCO)c2cc(C)cc(C)c12. The Morgan fingerprint density at radius 1 is 1.39 bits per heavy atom. The average molecular weight is 247 g/mol. The molecule has 0 aliphatic rings. The highest BCUT2D eigenvalue weighted by Crippen LogP contribution is 2.27. The molecule has 0 saturated carbocycles. The summed E-state index contributed by atoms with van der Waals surface area (Å²) in [6, 6.07) is 4.06. The molecular formula is C14H17NO3. The number of carbonyl (C=O) groups excluding carboxylic acids is 1. The first kappa shape index (κ1) is 12.6. The van der Waals surface area contributed by atoms with Gasteiger partial charge < -0.3 is 14.4 Å². The number of hydrogen-bond acceptors (Lipinski definition) is 3. The molecule has 0 aliphatic heterocycles. The molecule has 0 saturated heterocycles. The fraction of sp³-hybridized carbons (Fsp3) is 0.357. The Morgan fingerprint density at radius 2 is 2.11 bits per heavy atom. The highest BCUT2D eigenvalue weighted by atomic mass is 16.5. The maximum absolute atomic E-state index is 11.8. The Hall–Kier alpha value is -1.81. The minimum atomic E-state index is -0.344. The Kier molecular flexibility index (Phi) is 3.39. The lowest BCUT2D eigenvalue weighted by Crippen LogP contribution is -2.02. The van der Waals surface area contributed by atoms with Crippen LogP contribution in [-0.4, -0.2) is 29.4 Å². The summed E-state index contributed by atoms with van der Waals surface area (Å²) >= 11 is 0. The molecule has 1 N–H and O–H groups in total. The highest BCUT2D eigenvalue weighted by Gasteiger charge is 2.17. The van der Waals surface area contributed by atoms with E-state index in [-0.39, 0.29) is 12.6 Å². The number of aliphatic hydroxyl groups is 1. The number of nitrogens with zero attached hydrogens (tertiary/aromatic N) is 1. The van der Waals surface area contributed by atoms with Crippen LogP contribution in [0.25, 0.3) is 10.9 Å². The monoisotopic (exact) mass is 247 g/mol. The lowest BCUT2D eigenvalue weighted by Gasteiger charge is -2.05. The summed E-state index contributed by atoms with van der Waals surface area (Å²) in [6.07, 6.45) is 1.75. The zero-order valence-corrected chi connectivity index (χ0v) is 10.9. The maximum Gasteiger partial charge on any atom is 0.340 e. The molecule has 0 bridgehead atoms. The summed E-state index contributed by atoms with van der Waals surface area (Å²) in [6.45, 7) is 4.50. The van der Waals surface area contributed by atoms with Crippen molar-refractivity contribution >= 4 is 16.9 Å². The molecule has 96 valence electrons. The van der Waals surface area contributed by atoms with Gasteiger partial charge in [-0.15, -0.1) is 0 Å². The second-order valence-electron chi connectivity index (χ2n) is 4.43. The van der Waals surface area contributed by atoms with Gasteiger partial charge in [0.2, 0.25) is 0 Å². The number of esters is 1. The molecule has 0 amide bonds. The molecule has 0 atom stereocenters. The van der Waals surface area contributed by atoms with Crippen LogP contribution >= 0.6 is 0 Å². The van der Waals surface area contributed by atoms with Crippen molar-refractivity contribution in [1.82, 2.24) is 4.57 Å². The summed E-state index contributed by atoms with van der Waals surface area (Å²) in [4.78, 5) is 11.8. The second-order valence-corrected chi connectivity index (χ2v) is 4.43. The van der Waals surface area contributed by atoms with Gasteiger partial charge >= 0.3 is 5.97 Å². The summed E-state index contributed by atoms with van der Waals surface area (Å²) in [7, 11) is 1.38. The number of aryl methyl sites for hydroxylation is 2. The standard InChI is InChI=1S/C14H17NO3/c1-9-6-10(2)13-11(14(17)18-3)8-15(4-5-16)12(13)7-9/h6-8,16H,4-5H2,1-3H3. The Bertz CT molecular complexity index is 599. The van der Waals surface area contributed by atoms with Crippen molar-refractivity contribution in [1.29, 1.82) is 0 Å². The van der Waals surface area contributed by atoms with Crippen LogP contribution in [0, 0.1) is 13.8 Å². The van der Waals surface area contributed by atoms with Crippen LogP contribution in [0.3, 0.4) is 0 Å². The third-order valence-corrected chi connectivity index (χ3v) is 3.07. The van der Waals surface area contributed by atoms with Crippen molar-refractivity contribution in [2.45, 2.75) is 20.4 Å². The van der Waals surface area contributed by atoms with Crippen LogP contribution in [0.4, 0.5) is 0 Å². The Labute approximate surface area is 106 Å². The number of aliphatic hydroxyl groups excluding tert-OH is 1. The molecule has 0 radical (unpaired) electrons. The van der Waals surface area contributed by atoms with Crippen LogP contribution in [0.5, 0.6) is 0 Å². The molecule has 0 unspecified atom stereocenters. The van der Waals surface area contributed by atoms with Gasteiger partial charge in [0, 0.05) is 23.6 Å². The van der Waals surface area contributed by atoms with E-state index in [4.69, 9.17) is 9.84 Å². The van der Waals surface area contributed by atoms with Gasteiger partial charge in [0.15, 0.2) is 0 Å². The van der Waals surface area contributed by atoms with Crippen LogP contribution in [-0.2, 0) is 11.3 Å². The molecule has 4 nitrogen and oxygen atoms in total. The fourth-order valence-electron chi connectivity index (χ4n) is 2.37. The zero-order chi connectivity index (χ0) is 13.3. The quantitative estimate of drug-likeness (QED) is 0.844. The van der Waals surface area contributed by atoms with E-state index in [0.717, 1.165) is 22.0 Å². The van der Waals surface area contributed by atoms with E-state index in [2.05, 4.69) is 0 Å². The van der Waals surface area contributed by atoms with E-state index >= 15 is 0 Å². The van der Waals surface area contributed by atoms with Crippen molar-refractivity contribution in [3.8, 4) is 0 Å². The smallest absolute Gasteiger partial charge is 0.340 e. The van der Waals surface area contributed by atoms with Crippen molar-refractivity contribution in [2.75, 3.05) is 13.7 Å². The molecular weight excluding hydrogens is 230 g/mol. The first-order valence-corrected chi connectivity index (χ1v) is 5.87. The number of benzene rings is 1. The molecule has 0 aliphatic carbocycles. The molecule has 1 aromatic carbocycles.